The van der Waals surface area contributed by atoms with Gasteiger partial charge < -0.3 is 10.2 Å². The Morgan fingerprint density at radius 3 is 2.27 bits per heavy atom. The van der Waals surface area contributed by atoms with Crippen molar-refractivity contribution in [3.05, 3.63) is 78.4 Å². The van der Waals surface area contributed by atoms with Gasteiger partial charge in [-0.2, -0.15) is 4.31 Å². The number of quaternary nitrogens is 1. The summed E-state index contributed by atoms with van der Waals surface area (Å²) in [7, 11) is 1.67. The Bertz CT molecular complexity index is 1110. The zero-order valence-corrected chi connectivity index (χ0v) is 18.3. The molecular weight excluding hydrogens is 398 g/mol. The van der Waals surface area contributed by atoms with E-state index in [2.05, 4.69) is 5.32 Å². The lowest BCUT2D eigenvalue weighted by atomic mass is 10.1. The summed E-state index contributed by atoms with van der Waals surface area (Å²) in [5.41, 5.74) is 0.993. The van der Waals surface area contributed by atoms with Gasteiger partial charge in [0.2, 0.25) is 15.9 Å². The van der Waals surface area contributed by atoms with Crippen LogP contribution in [0.4, 0.5) is 0 Å². The molecule has 0 saturated heterocycles. The molecule has 158 valence electrons. The van der Waals surface area contributed by atoms with Gasteiger partial charge in [-0.1, -0.05) is 60.7 Å². The van der Waals surface area contributed by atoms with E-state index in [1.165, 1.54) is 11.9 Å². The monoisotopic (exact) mass is 426 g/mol. The third-order valence-electron chi connectivity index (χ3n) is 4.94. The van der Waals surface area contributed by atoms with E-state index < -0.39 is 10.0 Å². The second-order valence-corrected chi connectivity index (χ2v) is 9.76. The number of carbonyl (C=O) groups excluding carboxylic acids is 1. The Morgan fingerprint density at radius 1 is 0.967 bits per heavy atom. The van der Waals surface area contributed by atoms with Gasteiger partial charge >= 0.3 is 0 Å². The second kappa shape index (κ2) is 9.38. The van der Waals surface area contributed by atoms with E-state index >= 15 is 0 Å². The van der Waals surface area contributed by atoms with Gasteiger partial charge in [0.05, 0.1) is 25.5 Å². The Kier molecular flexibility index (Phi) is 6.87. The van der Waals surface area contributed by atoms with Crippen molar-refractivity contribution in [1.29, 1.82) is 0 Å². The minimum absolute atomic E-state index is 0.175. The van der Waals surface area contributed by atoms with Crippen LogP contribution >= 0.6 is 0 Å². The molecule has 0 aliphatic heterocycles. The molecule has 0 bridgehead atoms. The number of amides is 1. The lowest BCUT2D eigenvalue weighted by Crippen LogP contribution is -3.06. The molecule has 0 saturated carbocycles. The van der Waals surface area contributed by atoms with Crippen molar-refractivity contribution in [3.63, 3.8) is 0 Å². The van der Waals surface area contributed by atoms with Gasteiger partial charge in [-0.3, -0.25) is 4.79 Å². The number of benzene rings is 3. The summed E-state index contributed by atoms with van der Waals surface area (Å²) in [5, 5.41) is 4.79. The van der Waals surface area contributed by atoms with Gasteiger partial charge in [0, 0.05) is 7.05 Å². The van der Waals surface area contributed by atoms with Crippen LogP contribution in [0.15, 0.2) is 77.7 Å². The molecule has 0 fully saturated rings. The largest absolute Gasteiger partial charge is 0.343 e. The van der Waals surface area contributed by atoms with Crippen LogP contribution in [0.3, 0.4) is 0 Å². The fourth-order valence-corrected chi connectivity index (χ4v) is 4.54. The molecule has 0 heterocycles. The van der Waals surface area contributed by atoms with E-state index in [0.29, 0.717) is 6.54 Å². The van der Waals surface area contributed by atoms with Crippen molar-refractivity contribution in [1.82, 2.24) is 9.62 Å². The van der Waals surface area contributed by atoms with E-state index in [4.69, 9.17) is 0 Å². The van der Waals surface area contributed by atoms with Gasteiger partial charge in [0.25, 0.3) is 0 Å². The smallest absolute Gasteiger partial charge is 0.243 e. The quantitative estimate of drug-likeness (QED) is 0.573. The number of fused-ring (bicyclic) bond motifs is 1. The van der Waals surface area contributed by atoms with Crippen LogP contribution < -0.4 is 10.2 Å². The number of carbonyl (C=O) groups is 1. The van der Waals surface area contributed by atoms with E-state index in [9.17, 15) is 13.2 Å². The molecule has 0 aliphatic carbocycles. The molecule has 2 N–H and O–H groups in total. The molecule has 3 aromatic rings. The average molecular weight is 427 g/mol. The Labute approximate surface area is 178 Å². The average Bonchev–Trinajstić information content (AvgIpc) is 2.73. The lowest BCUT2D eigenvalue weighted by Gasteiger charge is -2.23. The molecule has 1 amide bonds. The van der Waals surface area contributed by atoms with Crippen LogP contribution in [0.1, 0.15) is 11.6 Å². The minimum atomic E-state index is -3.78. The molecule has 1 atom stereocenters. The number of sulfonamides is 1. The number of nitrogens with zero attached hydrogens (tertiary/aromatic N) is 1. The van der Waals surface area contributed by atoms with Crippen molar-refractivity contribution in [3.8, 4) is 0 Å². The summed E-state index contributed by atoms with van der Waals surface area (Å²) >= 11 is 0. The third kappa shape index (κ3) is 5.24. The van der Waals surface area contributed by atoms with E-state index in [-0.39, 0.29) is 23.4 Å². The standard InChI is InChI=1S/C23H27N3O3S/c1-25(2)16-22(19-10-5-4-6-11-19)24-23(27)17-26(3)30(28,29)21-14-13-18-9-7-8-12-20(18)15-21/h4-15,22H,16-17H2,1-3H3,(H,24,27)/p+1/t22-/m0/s1. The molecular formula is C23H28N3O3S+. The maximum Gasteiger partial charge on any atom is 0.243 e. The molecule has 3 rings (SSSR count). The second-order valence-electron chi connectivity index (χ2n) is 7.71. The number of hydrogen-bond acceptors (Lipinski definition) is 3. The van der Waals surface area contributed by atoms with E-state index in [0.717, 1.165) is 20.6 Å². The van der Waals surface area contributed by atoms with Gasteiger partial charge in [0.1, 0.15) is 12.6 Å². The minimum Gasteiger partial charge on any atom is -0.343 e. The molecule has 7 heteroatoms. The fraction of sp³-hybridized carbons (Fsp3) is 0.261. The van der Waals surface area contributed by atoms with Crippen LogP contribution in [-0.4, -0.2) is 52.9 Å². The number of rotatable bonds is 8. The molecule has 3 aromatic carbocycles. The first kappa shape index (κ1) is 22.0. The predicted octanol–water partition coefficient (Wildman–Crippen LogP) is 1.46. The SMILES string of the molecule is CN(CC(=O)N[C@@H](C[NH+](C)C)c1ccccc1)S(=O)(=O)c1ccc2ccccc2c1. The lowest BCUT2D eigenvalue weighted by molar-refractivity contribution is -0.860. The van der Waals surface area contributed by atoms with Crippen LogP contribution in [0.5, 0.6) is 0 Å². The molecule has 0 aliphatic rings. The van der Waals surface area contributed by atoms with Crippen molar-refractivity contribution >= 4 is 26.7 Å². The molecule has 0 radical (unpaired) electrons. The van der Waals surface area contributed by atoms with Crippen LogP contribution in [-0.2, 0) is 14.8 Å². The Morgan fingerprint density at radius 2 is 1.60 bits per heavy atom. The van der Waals surface area contributed by atoms with E-state index in [1.54, 1.807) is 18.2 Å². The molecule has 6 nitrogen and oxygen atoms in total. The Hall–Kier alpha value is -2.74. The van der Waals surface area contributed by atoms with Gasteiger partial charge in [0.15, 0.2) is 0 Å². The highest BCUT2D eigenvalue weighted by molar-refractivity contribution is 7.89. The highest BCUT2D eigenvalue weighted by atomic mass is 32.2. The molecule has 0 unspecified atom stereocenters. The molecule has 30 heavy (non-hydrogen) atoms. The summed E-state index contributed by atoms with van der Waals surface area (Å²) in [6.45, 7) is 0.443. The van der Waals surface area contributed by atoms with Crippen molar-refractivity contribution in [2.24, 2.45) is 0 Å². The van der Waals surface area contributed by atoms with Crippen LogP contribution in [0.2, 0.25) is 0 Å². The summed E-state index contributed by atoms with van der Waals surface area (Å²) in [5.74, 6) is -0.336. The highest BCUT2D eigenvalue weighted by Crippen LogP contribution is 2.21. The number of likely N-dealkylation sites (N-methyl/N-ethyl adjacent to an activating group) is 2. The van der Waals surface area contributed by atoms with Crippen molar-refractivity contribution in [2.45, 2.75) is 10.9 Å². The van der Waals surface area contributed by atoms with Gasteiger partial charge in [-0.25, -0.2) is 8.42 Å². The van der Waals surface area contributed by atoms with E-state index in [1.807, 2.05) is 68.7 Å². The summed E-state index contributed by atoms with van der Waals surface area (Å²) in [6.07, 6.45) is 0. The topological polar surface area (TPSA) is 70.9 Å². The third-order valence-corrected chi connectivity index (χ3v) is 6.74. The molecule has 0 aromatic heterocycles. The summed E-state index contributed by atoms with van der Waals surface area (Å²) < 4.78 is 27.1. The first-order chi connectivity index (χ1) is 14.3. The maximum absolute atomic E-state index is 13.0. The zero-order chi connectivity index (χ0) is 21.7. The summed E-state index contributed by atoms with van der Waals surface area (Å²) in [4.78, 5) is 14.0. The van der Waals surface area contributed by atoms with Crippen LogP contribution in [0, 0.1) is 0 Å². The van der Waals surface area contributed by atoms with Crippen molar-refractivity contribution in [2.75, 3.05) is 34.2 Å². The number of hydrogen-bond donors (Lipinski definition) is 2. The maximum atomic E-state index is 13.0. The Balaban J connectivity index is 1.74. The normalized spacial score (nSPS) is 13.0. The van der Waals surface area contributed by atoms with Gasteiger partial charge in [-0.05, 0) is 28.5 Å². The number of nitrogens with one attached hydrogen (secondary N) is 2. The molecule has 0 spiro atoms. The first-order valence-electron chi connectivity index (χ1n) is 9.86. The van der Waals surface area contributed by atoms with Crippen molar-refractivity contribution < 1.29 is 18.1 Å². The predicted molar refractivity (Wildman–Crippen MR) is 119 cm³/mol. The van der Waals surface area contributed by atoms with Crippen LogP contribution in [0.25, 0.3) is 10.8 Å². The fourth-order valence-electron chi connectivity index (χ4n) is 3.38. The summed E-state index contributed by atoms with van der Waals surface area (Å²) in [6, 6.07) is 22.1. The van der Waals surface area contributed by atoms with Gasteiger partial charge in [-0.15, -0.1) is 0 Å². The highest BCUT2D eigenvalue weighted by Gasteiger charge is 2.25. The zero-order valence-electron chi connectivity index (χ0n) is 17.5. The first-order valence-corrected chi connectivity index (χ1v) is 11.3.